The number of morpholine rings is 1. The van der Waals surface area contributed by atoms with Gasteiger partial charge in [0.25, 0.3) is 5.91 Å². The van der Waals surface area contributed by atoms with Crippen LogP contribution in [0.4, 0.5) is 18.3 Å². The molecule has 7 nitrogen and oxygen atoms in total. The van der Waals surface area contributed by atoms with Crippen LogP contribution >= 0.6 is 11.3 Å². The summed E-state index contributed by atoms with van der Waals surface area (Å²) in [6, 6.07) is 7.91. The van der Waals surface area contributed by atoms with E-state index in [2.05, 4.69) is 9.88 Å². The number of carbonyl (C=O) groups is 1. The minimum Gasteiger partial charge on any atom is -0.495 e. The fraction of sp³-hybridized carbons (Fsp3) is 0.391. The highest BCUT2D eigenvalue weighted by molar-refractivity contribution is 7.22. The molecule has 1 saturated heterocycles. The molecule has 0 saturated carbocycles. The fourth-order valence-corrected chi connectivity index (χ4v) is 4.82. The molecule has 2 aromatic carbocycles. The van der Waals surface area contributed by atoms with Crippen molar-refractivity contribution >= 4 is 32.6 Å². The highest BCUT2D eigenvalue weighted by atomic mass is 32.1. The van der Waals surface area contributed by atoms with Crippen LogP contribution in [0.25, 0.3) is 10.2 Å². The van der Waals surface area contributed by atoms with Gasteiger partial charge in [0.15, 0.2) is 5.13 Å². The highest BCUT2D eigenvalue weighted by Gasteiger charge is 2.32. The number of aromatic nitrogens is 1. The van der Waals surface area contributed by atoms with Crippen molar-refractivity contribution < 1.29 is 32.2 Å². The lowest BCUT2D eigenvalue weighted by molar-refractivity contribution is -0.137. The van der Waals surface area contributed by atoms with Crippen LogP contribution in [0.2, 0.25) is 0 Å². The van der Waals surface area contributed by atoms with Crippen LogP contribution < -0.4 is 14.4 Å². The molecule has 1 amide bonds. The third-order valence-electron chi connectivity index (χ3n) is 5.56. The van der Waals surface area contributed by atoms with Crippen molar-refractivity contribution in [1.82, 2.24) is 9.88 Å². The Kier molecular flexibility index (Phi) is 7.24. The number of nitrogens with zero attached hydrogens (tertiary/aromatic N) is 3. The molecule has 2 heterocycles. The average Bonchev–Trinajstić information content (AvgIpc) is 3.29. The van der Waals surface area contributed by atoms with Crippen LogP contribution in [-0.4, -0.2) is 69.4 Å². The molecule has 0 spiro atoms. The number of carbonyl (C=O) groups excluding carboxylic acids is 1. The molecule has 1 aliphatic heterocycles. The first kappa shape index (κ1) is 24.2. The second-order valence-electron chi connectivity index (χ2n) is 7.63. The molecule has 0 bridgehead atoms. The summed E-state index contributed by atoms with van der Waals surface area (Å²) in [4.78, 5) is 21.7. The van der Waals surface area contributed by atoms with E-state index in [9.17, 15) is 18.0 Å². The zero-order valence-corrected chi connectivity index (χ0v) is 19.5. The largest absolute Gasteiger partial charge is 0.495 e. The highest BCUT2D eigenvalue weighted by Crippen LogP contribution is 2.40. The first-order valence-corrected chi connectivity index (χ1v) is 11.4. The SMILES string of the molecule is COc1ccc(OC)c2sc(N(CCN3CCOCC3)C(=O)c3cccc(C(F)(F)F)c3)nc12. The Morgan fingerprint density at radius 2 is 1.85 bits per heavy atom. The molecule has 0 atom stereocenters. The Hall–Kier alpha value is -2.89. The van der Waals surface area contributed by atoms with Crippen molar-refractivity contribution in [2.45, 2.75) is 6.18 Å². The van der Waals surface area contributed by atoms with E-state index in [0.29, 0.717) is 59.7 Å². The molecular formula is C23H24F3N3O4S. The van der Waals surface area contributed by atoms with Crippen LogP contribution in [-0.2, 0) is 10.9 Å². The van der Waals surface area contributed by atoms with Gasteiger partial charge in [-0.15, -0.1) is 0 Å². The molecule has 0 aliphatic carbocycles. The first-order valence-electron chi connectivity index (χ1n) is 10.6. The minimum absolute atomic E-state index is 0.0602. The summed E-state index contributed by atoms with van der Waals surface area (Å²) in [5.74, 6) is 0.522. The molecule has 1 fully saturated rings. The molecular weight excluding hydrogens is 471 g/mol. The van der Waals surface area contributed by atoms with Gasteiger partial charge in [-0.05, 0) is 30.3 Å². The number of alkyl halides is 3. The van der Waals surface area contributed by atoms with E-state index in [-0.39, 0.29) is 12.1 Å². The molecule has 3 aromatic rings. The molecule has 1 aromatic heterocycles. The fourth-order valence-electron chi connectivity index (χ4n) is 3.72. The molecule has 182 valence electrons. The number of hydrogen-bond acceptors (Lipinski definition) is 7. The summed E-state index contributed by atoms with van der Waals surface area (Å²) in [6.45, 7) is 3.40. The summed E-state index contributed by atoms with van der Waals surface area (Å²) in [5, 5.41) is 0.355. The molecule has 11 heteroatoms. The van der Waals surface area contributed by atoms with Gasteiger partial charge >= 0.3 is 6.18 Å². The number of benzene rings is 2. The number of hydrogen-bond donors (Lipinski definition) is 0. The molecule has 0 radical (unpaired) electrons. The van der Waals surface area contributed by atoms with Gasteiger partial charge in [0.05, 0.1) is 33.0 Å². The Balaban J connectivity index is 1.73. The van der Waals surface area contributed by atoms with E-state index in [1.54, 1.807) is 12.1 Å². The molecule has 0 N–H and O–H groups in total. The lowest BCUT2D eigenvalue weighted by Crippen LogP contribution is -2.43. The summed E-state index contributed by atoms with van der Waals surface area (Å²) in [5.41, 5.74) is -0.413. The van der Waals surface area contributed by atoms with Crippen molar-refractivity contribution in [3.05, 3.63) is 47.5 Å². The Labute approximate surface area is 198 Å². The minimum atomic E-state index is -4.55. The second kappa shape index (κ2) is 10.2. The third kappa shape index (κ3) is 5.11. The summed E-state index contributed by atoms with van der Waals surface area (Å²) in [6.07, 6.45) is -4.55. The lowest BCUT2D eigenvalue weighted by Gasteiger charge is -2.29. The third-order valence-corrected chi connectivity index (χ3v) is 6.65. The number of ether oxygens (including phenoxy) is 3. The van der Waals surface area contributed by atoms with Crippen molar-refractivity contribution in [2.24, 2.45) is 0 Å². The number of anilines is 1. The van der Waals surface area contributed by atoms with Gasteiger partial charge in [-0.3, -0.25) is 14.6 Å². The lowest BCUT2D eigenvalue weighted by atomic mass is 10.1. The Morgan fingerprint density at radius 1 is 1.15 bits per heavy atom. The second-order valence-corrected chi connectivity index (χ2v) is 8.61. The van der Waals surface area contributed by atoms with Gasteiger partial charge in [-0.1, -0.05) is 17.4 Å². The van der Waals surface area contributed by atoms with E-state index in [1.807, 2.05) is 0 Å². The molecule has 1 aliphatic rings. The maximum absolute atomic E-state index is 13.5. The Morgan fingerprint density at radius 3 is 2.53 bits per heavy atom. The number of amides is 1. The van der Waals surface area contributed by atoms with E-state index < -0.39 is 17.6 Å². The van der Waals surface area contributed by atoms with Gasteiger partial charge in [0, 0.05) is 31.7 Å². The van der Waals surface area contributed by atoms with Crippen LogP contribution in [0.15, 0.2) is 36.4 Å². The molecule has 4 rings (SSSR count). The standard InChI is InChI=1S/C23H24F3N3O4S/c1-31-17-6-7-18(32-2)20-19(17)27-22(34-20)29(9-8-28-10-12-33-13-11-28)21(30)15-4-3-5-16(14-15)23(24,25)26/h3-7,14H,8-13H2,1-2H3. The van der Waals surface area contributed by atoms with Crippen LogP contribution in [0.3, 0.4) is 0 Å². The summed E-state index contributed by atoms with van der Waals surface area (Å²) in [7, 11) is 3.05. The average molecular weight is 496 g/mol. The summed E-state index contributed by atoms with van der Waals surface area (Å²) < 4.78 is 56.7. The number of fused-ring (bicyclic) bond motifs is 1. The van der Waals surface area contributed by atoms with Gasteiger partial charge < -0.3 is 14.2 Å². The van der Waals surface area contributed by atoms with E-state index in [1.165, 1.54) is 42.6 Å². The molecule has 0 unspecified atom stereocenters. The summed E-state index contributed by atoms with van der Waals surface area (Å²) >= 11 is 1.23. The smallest absolute Gasteiger partial charge is 0.416 e. The van der Waals surface area contributed by atoms with E-state index >= 15 is 0 Å². The van der Waals surface area contributed by atoms with Crippen molar-refractivity contribution in [1.29, 1.82) is 0 Å². The predicted molar refractivity (Wildman–Crippen MR) is 123 cm³/mol. The van der Waals surface area contributed by atoms with Crippen LogP contribution in [0.1, 0.15) is 15.9 Å². The number of methoxy groups -OCH3 is 2. The monoisotopic (exact) mass is 495 g/mol. The number of halogens is 3. The predicted octanol–water partition coefficient (Wildman–Crippen LogP) is 4.31. The Bertz CT molecular complexity index is 1120. The van der Waals surface area contributed by atoms with Crippen LogP contribution in [0, 0.1) is 0 Å². The van der Waals surface area contributed by atoms with Gasteiger partial charge in [-0.2, -0.15) is 13.2 Å². The number of rotatable bonds is 7. The van der Waals surface area contributed by atoms with Gasteiger partial charge in [0.2, 0.25) is 0 Å². The first-order chi connectivity index (χ1) is 16.3. The maximum atomic E-state index is 13.5. The van der Waals surface area contributed by atoms with E-state index in [4.69, 9.17) is 14.2 Å². The molecule has 34 heavy (non-hydrogen) atoms. The topological polar surface area (TPSA) is 64.1 Å². The van der Waals surface area contributed by atoms with Crippen LogP contribution in [0.5, 0.6) is 11.5 Å². The van der Waals surface area contributed by atoms with Gasteiger partial charge in [0.1, 0.15) is 21.7 Å². The zero-order chi connectivity index (χ0) is 24.3. The number of thiazole rings is 1. The van der Waals surface area contributed by atoms with Gasteiger partial charge in [-0.25, -0.2) is 4.98 Å². The maximum Gasteiger partial charge on any atom is 0.416 e. The zero-order valence-electron chi connectivity index (χ0n) is 18.7. The van der Waals surface area contributed by atoms with Crippen molar-refractivity contribution in [2.75, 3.05) is 58.5 Å². The quantitative estimate of drug-likeness (QED) is 0.487. The van der Waals surface area contributed by atoms with Crippen molar-refractivity contribution in [3.8, 4) is 11.5 Å². The van der Waals surface area contributed by atoms with E-state index in [0.717, 1.165) is 12.1 Å². The normalized spacial score (nSPS) is 14.9. The van der Waals surface area contributed by atoms with Crippen molar-refractivity contribution in [3.63, 3.8) is 0 Å².